The smallest absolute Gasteiger partial charge is 0.0900 e. The lowest BCUT2D eigenvalue weighted by Gasteiger charge is -2.37. The van der Waals surface area contributed by atoms with Gasteiger partial charge in [0, 0.05) is 43.4 Å². The molecule has 1 aliphatic carbocycles. The minimum atomic E-state index is -0.396. The van der Waals surface area contributed by atoms with Gasteiger partial charge in [-0.25, -0.2) is 0 Å². The fraction of sp³-hybridized carbons (Fsp3) is 0.700. The first kappa shape index (κ1) is 21.8. The Morgan fingerprint density at radius 2 is 1.96 bits per heavy atom. The van der Waals surface area contributed by atoms with Gasteiger partial charge in [0.2, 0.25) is 0 Å². The van der Waals surface area contributed by atoms with E-state index < -0.39 is 6.10 Å². The third kappa shape index (κ3) is 5.74. The zero-order chi connectivity index (χ0) is 17.8. The van der Waals surface area contributed by atoms with Crippen molar-refractivity contribution < 1.29 is 9.84 Å². The number of halogens is 2. The second-order valence-electron chi connectivity index (χ2n) is 7.65. The topological polar surface area (TPSA) is 35.9 Å². The minimum Gasteiger partial charge on any atom is -0.389 e. The lowest BCUT2D eigenvalue weighted by Crippen LogP contribution is -2.49. The Bertz CT molecular complexity index is 565. The predicted octanol–water partition coefficient (Wildman–Crippen LogP) is 3.76. The van der Waals surface area contributed by atoms with Gasteiger partial charge in [-0.2, -0.15) is 0 Å². The molecule has 0 spiro atoms. The van der Waals surface area contributed by atoms with Crippen LogP contribution in [0.4, 0.5) is 5.69 Å². The van der Waals surface area contributed by atoms with Crippen LogP contribution in [-0.4, -0.2) is 61.5 Å². The Kier molecular flexibility index (Phi) is 8.49. The van der Waals surface area contributed by atoms with Crippen LogP contribution in [0.3, 0.4) is 0 Å². The van der Waals surface area contributed by atoms with Gasteiger partial charge in [-0.3, -0.25) is 4.90 Å². The van der Waals surface area contributed by atoms with Crippen LogP contribution in [0.25, 0.3) is 0 Å². The van der Waals surface area contributed by atoms with Crippen LogP contribution in [0, 0.1) is 12.8 Å². The summed E-state index contributed by atoms with van der Waals surface area (Å²) in [6.07, 6.45) is 3.61. The maximum atomic E-state index is 10.3. The molecule has 1 saturated heterocycles. The van der Waals surface area contributed by atoms with Crippen LogP contribution >= 0.6 is 24.0 Å². The summed E-state index contributed by atoms with van der Waals surface area (Å²) in [6, 6.07) is 6.07. The predicted molar refractivity (Wildman–Crippen MR) is 111 cm³/mol. The summed E-state index contributed by atoms with van der Waals surface area (Å²) in [5.41, 5.74) is 2.49. The Labute approximate surface area is 168 Å². The largest absolute Gasteiger partial charge is 0.389 e. The highest BCUT2D eigenvalue weighted by Gasteiger charge is 2.26. The first-order valence-electron chi connectivity index (χ1n) is 9.56. The molecule has 1 N–H and O–H groups in total. The summed E-state index contributed by atoms with van der Waals surface area (Å²) in [6.45, 7) is 9.39. The van der Waals surface area contributed by atoms with Crippen LogP contribution in [0.5, 0.6) is 0 Å². The SMILES string of the molecule is Cc1ccc(Cl)cc1N1CCN(CC(O)COC2CCCC2C)CC1.Cl. The number of anilines is 1. The molecular formula is C20H32Cl2N2O2. The Morgan fingerprint density at radius 3 is 2.62 bits per heavy atom. The van der Waals surface area contributed by atoms with Gasteiger partial charge in [-0.1, -0.05) is 31.0 Å². The standard InChI is InChI=1S/C20H31ClN2O2.ClH/c1-15-6-7-17(21)12-19(15)23-10-8-22(9-11-23)13-18(24)14-25-20-5-3-4-16(20)2;/h6-7,12,16,18,20,24H,3-5,8-11,13-14H2,1-2H3;1H. The zero-order valence-electron chi connectivity index (χ0n) is 15.9. The molecule has 4 nitrogen and oxygen atoms in total. The van der Waals surface area contributed by atoms with E-state index in [0.717, 1.165) is 37.6 Å². The summed E-state index contributed by atoms with van der Waals surface area (Å²) in [5.74, 6) is 0.636. The molecule has 148 valence electrons. The summed E-state index contributed by atoms with van der Waals surface area (Å²) in [4.78, 5) is 4.73. The third-order valence-corrected chi connectivity index (χ3v) is 5.87. The summed E-state index contributed by atoms with van der Waals surface area (Å²) < 4.78 is 5.94. The van der Waals surface area contributed by atoms with Crippen molar-refractivity contribution in [2.24, 2.45) is 5.92 Å². The minimum absolute atomic E-state index is 0. The molecule has 2 aliphatic rings. The molecule has 2 fully saturated rings. The molecule has 1 aliphatic heterocycles. The highest BCUT2D eigenvalue weighted by atomic mass is 35.5. The number of rotatable bonds is 6. The number of benzene rings is 1. The Hall–Kier alpha value is -0.520. The van der Waals surface area contributed by atoms with Crippen LogP contribution in [0.2, 0.25) is 5.02 Å². The van der Waals surface area contributed by atoms with E-state index in [0.29, 0.717) is 25.2 Å². The van der Waals surface area contributed by atoms with E-state index in [2.05, 4.69) is 35.8 Å². The molecule has 1 aromatic rings. The van der Waals surface area contributed by atoms with E-state index in [4.69, 9.17) is 16.3 Å². The average molecular weight is 403 g/mol. The molecular weight excluding hydrogens is 371 g/mol. The number of piperazine rings is 1. The van der Waals surface area contributed by atoms with Gasteiger partial charge < -0.3 is 14.7 Å². The van der Waals surface area contributed by atoms with Crippen molar-refractivity contribution >= 4 is 29.7 Å². The van der Waals surface area contributed by atoms with Gasteiger partial charge in [-0.15, -0.1) is 12.4 Å². The first-order valence-corrected chi connectivity index (χ1v) is 9.94. The second kappa shape index (κ2) is 10.1. The first-order chi connectivity index (χ1) is 12.0. The van der Waals surface area contributed by atoms with Crippen LogP contribution < -0.4 is 4.90 Å². The third-order valence-electron chi connectivity index (χ3n) is 5.64. The van der Waals surface area contributed by atoms with Gasteiger partial charge in [-0.05, 0) is 43.4 Å². The monoisotopic (exact) mass is 402 g/mol. The molecule has 3 unspecified atom stereocenters. The molecule has 0 aromatic heterocycles. The molecule has 0 amide bonds. The van der Waals surface area contributed by atoms with Crippen molar-refractivity contribution in [2.45, 2.75) is 45.3 Å². The summed E-state index contributed by atoms with van der Waals surface area (Å²) in [7, 11) is 0. The fourth-order valence-electron chi connectivity index (χ4n) is 4.04. The van der Waals surface area contributed by atoms with Crippen molar-refractivity contribution in [1.29, 1.82) is 0 Å². The Morgan fingerprint density at radius 1 is 1.23 bits per heavy atom. The normalized spacial score (nSPS) is 25.2. The molecule has 1 aromatic carbocycles. The lowest BCUT2D eigenvalue weighted by atomic mass is 10.1. The summed E-state index contributed by atoms with van der Waals surface area (Å²) >= 11 is 6.15. The molecule has 1 saturated carbocycles. The van der Waals surface area contributed by atoms with Crippen molar-refractivity contribution in [3.05, 3.63) is 28.8 Å². The van der Waals surface area contributed by atoms with Gasteiger partial charge in [0.15, 0.2) is 0 Å². The number of β-amino-alcohol motifs (C(OH)–C–C–N with tert-alkyl or cyclic N) is 1. The number of nitrogens with zero attached hydrogens (tertiary/aromatic N) is 2. The van der Waals surface area contributed by atoms with E-state index in [1.54, 1.807) is 0 Å². The van der Waals surface area contributed by atoms with Gasteiger partial charge in [0.25, 0.3) is 0 Å². The number of hydrogen-bond donors (Lipinski definition) is 1. The molecule has 3 atom stereocenters. The molecule has 26 heavy (non-hydrogen) atoms. The summed E-state index contributed by atoms with van der Waals surface area (Å²) in [5, 5.41) is 11.1. The van der Waals surface area contributed by atoms with E-state index in [9.17, 15) is 5.11 Å². The quantitative estimate of drug-likeness (QED) is 0.785. The van der Waals surface area contributed by atoms with Crippen molar-refractivity contribution in [1.82, 2.24) is 4.90 Å². The number of ether oxygens (including phenoxy) is 1. The number of aliphatic hydroxyl groups is 1. The van der Waals surface area contributed by atoms with E-state index >= 15 is 0 Å². The van der Waals surface area contributed by atoms with E-state index in [1.165, 1.54) is 24.1 Å². The van der Waals surface area contributed by atoms with Crippen molar-refractivity contribution in [2.75, 3.05) is 44.2 Å². The van der Waals surface area contributed by atoms with Crippen LogP contribution in [0.1, 0.15) is 31.7 Å². The second-order valence-corrected chi connectivity index (χ2v) is 8.09. The van der Waals surface area contributed by atoms with Crippen molar-refractivity contribution in [3.8, 4) is 0 Å². The molecule has 3 rings (SSSR count). The highest BCUT2D eigenvalue weighted by Crippen LogP contribution is 2.28. The van der Waals surface area contributed by atoms with E-state index in [-0.39, 0.29) is 12.4 Å². The highest BCUT2D eigenvalue weighted by molar-refractivity contribution is 6.30. The van der Waals surface area contributed by atoms with Gasteiger partial charge >= 0.3 is 0 Å². The maximum absolute atomic E-state index is 10.3. The van der Waals surface area contributed by atoms with Crippen LogP contribution in [-0.2, 0) is 4.74 Å². The average Bonchev–Trinajstić information content (AvgIpc) is 3.01. The molecule has 0 radical (unpaired) electrons. The lowest BCUT2D eigenvalue weighted by molar-refractivity contribution is -0.0321. The van der Waals surface area contributed by atoms with Crippen molar-refractivity contribution in [3.63, 3.8) is 0 Å². The molecule has 6 heteroatoms. The number of aryl methyl sites for hydroxylation is 1. The fourth-order valence-corrected chi connectivity index (χ4v) is 4.21. The molecule has 1 heterocycles. The Balaban J connectivity index is 0.00000243. The van der Waals surface area contributed by atoms with E-state index in [1.807, 2.05) is 6.07 Å². The number of hydrogen-bond acceptors (Lipinski definition) is 4. The zero-order valence-corrected chi connectivity index (χ0v) is 17.4. The number of aliphatic hydroxyl groups excluding tert-OH is 1. The maximum Gasteiger partial charge on any atom is 0.0900 e. The van der Waals surface area contributed by atoms with Crippen LogP contribution in [0.15, 0.2) is 18.2 Å². The van der Waals surface area contributed by atoms with Gasteiger partial charge in [0.05, 0.1) is 18.8 Å². The van der Waals surface area contributed by atoms with Gasteiger partial charge in [0.1, 0.15) is 0 Å². The molecule has 0 bridgehead atoms.